The normalized spacial score (nSPS) is 10.2. The Balaban J connectivity index is 1.68. The fourth-order valence-electron chi connectivity index (χ4n) is 2.37. The third-order valence-corrected chi connectivity index (χ3v) is 3.99. The van der Waals surface area contributed by atoms with Gasteiger partial charge in [-0.2, -0.15) is 0 Å². The molecule has 1 aromatic heterocycles. The zero-order valence-electron chi connectivity index (χ0n) is 13.8. The average molecular weight is 366 g/mol. The molecular weight excluding hydrogens is 350 g/mol. The van der Waals surface area contributed by atoms with Crippen LogP contribution in [-0.4, -0.2) is 16.8 Å². The van der Waals surface area contributed by atoms with E-state index in [9.17, 15) is 9.59 Å². The van der Waals surface area contributed by atoms with Gasteiger partial charge in [0.25, 0.3) is 11.8 Å². The second-order valence-electron chi connectivity index (χ2n) is 5.54. The van der Waals surface area contributed by atoms with Crippen LogP contribution in [-0.2, 0) is 6.54 Å². The summed E-state index contributed by atoms with van der Waals surface area (Å²) in [5.41, 5.74) is 2.42. The largest absolute Gasteiger partial charge is 0.348 e. The Morgan fingerprint density at radius 2 is 1.65 bits per heavy atom. The molecule has 0 spiro atoms. The zero-order chi connectivity index (χ0) is 18.4. The van der Waals surface area contributed by atoms with E-state index >= 15 is 0 Å². The predicted octanol–water partition coefficient (Wildman–Crippen LogP) is 3.92. The lowest BCUT2D eigenvalue weighted by Gasteiger charge is -2.12. The number of benzene rings is 2. The quantitative estimate of drug-likeness (QED) is 0.720. The first-order valence-corrected chi connectivity index (χ1v) is 8.34. The van der Waals surface area contributed by atoms with Gasteiger partial charge in [0.05, 0.1) is 5.56 Å². The van der Waals surface area contributed by atoms with E-state index in [2.05, 4.69) is 15.6 Å². The molecule has 2 aromatic carbocycles. The minimum Gasteiger partial charge on any atom is -0.348 e. The highest BCUT2D eigenvalue weighted by atomic mass is 35.5. The molecule has 0 fully saturated rings. The fraction of sp³-hybridized carbons (Fsp3) is 0.0500. The summed E-state index contributed by atoms with van der Waals surface area (Å²) in [5.74, 6) is -0.468. The maximum absolute atomic E-state index is 12.3. The van der Waals surface area contributed by atoms with Gasteiger partial charge < -0.3 is 10.6 Å². The lowest BCUT2D eigenvalue weighted by molar-refractivity contribution is 0.0950. The van der Waals surface area contributed by atoms with Gasteiger partial charge in [0.1, 0.15) is 0 Å². The number of hydrogen-bond acceptors (Lipinski definition) is 3. The summed E-state index contributed by atoms with van der Waals surface area (Å²) in [6.45, 7) is 0.283. The molecule has 3 rings (SSSR count). The molecular formula is C20H16ClN3O2. The maximum atomic E-state index is 12.3. The highest BCUT2D eigenvalue weighted by molar-refractivity contribution is 6.30. The molecule has 2 amide bonds. The van der Waals surface area contributed by atoms with Crippen LogP contribution in [0.5, 0.6) is 0 Å². The summed E-state index contributed by atoms with van der Waals surface area (Å²) >= 11 is 5.83. The fourth-order valence-corrected chi connectivity index (χ4v) is 2.49. The van der Waals surface area contributed by atoms with Crippen molar-refractivity contribution in [2.45, 2.75) is 6.54 Å². The number of amides is 2. The number of rotatable bonds is 5. The Kier molecular flexibility index (Phi) is 5.61. The highest BCUT2D eigenvalue weighted by Gasteiger charge is 2.10. The molecule has 3 aromatic rings. The smallest absolute Gasteiger partial charge is 0.257 e. The van der Waals surface area contributed by atoms with Crippen LogP contribution in [0.4, 0.5) is 5.69 Å². The van der Waals surface area contributed by atoms with Crippen molar-refractivity contribution in [1.29, 1.82) is 0 Å². The summed E-state index contributed by atoms with van der Waals surface area (Å²) in [6, 6.07) is 17.4. The number of para-hydroxylation sites is 1. The van der Waals surface area contributed by atoms with Gasteiger partial charge in [-0.25, -0.2) is 0 Å². The Hall–Kier alpha value is -3.18. The van der Waals surface area contributed by atoms with E-state index in [0.29, 0.717) is 21.8 Å². The lowest BCUT2D eigenvalue weighted by Crippen LogP contribution is -2.23. The molecule has 1 heterocycles. The standard InChI is InChI=1S/C20H16ClN3O2/c21-17-9-7-14(8-10-17)19(25)23-13-15-4-1-2-6-18(15)24-20(26)16-5-3-11-22-12-16/h1-12H,13H2,(H,23,25)(H,24,26). The number of carbonyl (C=O) groups excluding carboxylic acids is 2. The SMILES string of the molecule is O=C(NCc1ccccc1NC(=O)c1cccnc1)c1ccc(Cl)cc1. The minimum atomic E-state index is -0.255. The number of pyridine rings is 1. The van der Waals surface area contributed by atoms with Crippen molar-refractivity contribution in [3.63, 3.8) is 0 Å². The number of aromatic nitrogens is 1. The van der Waals surface area contributed by atoms with E-state index in [1.165, 1.54) is 6.20 Å². The van der Waals surface area contributed by atoms with Crippen molar-refractivity contribution in [3.8, 4) is 0 Å². The lowest BCUT2D eigenvalue weighted by atomic mass is 10.1. The third kappa shape index (κ3) is 4.46. The number of nitrogens with one attached hydrogen (secondary N) is 2. The molecule has 0 saturated carbocycles. The van der Waals surface area contributed by atoms with Crippen molar-refractivity contribution in [2.75, 3.05) is 5.32 Å². The summed E-state index contributed by atoms with van der Waals surface area (Å²) in [5, 5.41) is 6.27. The molecule has 0 atom stereocenters. The molecule has 0 aliphatic heterocycles. The number of nitrogens with zero attached hydrogens (tertiary/aromatic N) is 1. The van der Waals surface area contributed by atoms with Gasteiger partial charge in [-0.1, -0.05) is 29.8 Å². The summed E-state index contributed by atoms with van der Waals surface area (Å²) in [7, 11) is 0. The molecule has 130 valence electrons. The van der Waals surface area contributed by atoms with Gasteiger partial charge in [0.2, 0.25) is 0 Å². The van der Waals surface area contributed by atoms with Crippen molar-refractivity contribution >= 4 is 29.1 Å². The van der Waals surface area contributed by atoms with Crippen molar-refractivity contribution in [1.82, 2.24) is 10.3 Å². The van der Waals surface area contributed by atoms with Crippen LogP contribution in [0.15, 0.2) is 73.1 Å². The Morgan fingerprint density at radius 3 is 2.38 bits per heavy atom. The third-order valence-electron chi connectivity index (χ3n) is 3.74. The van der Waals surface area contributed by atoms with Crippen LogP contribution in [0, 0.1) is 0 Å². The predicted molar refractivity (Wildman–Crippen MR) is 101 cm³/mol. The van der Waals surface area contributed by atoms with Crippen molar-refractivity contribution < 1.29 is 9.59 Å². The average Bonchev–Trinajstić information content (AvgIpc) is 2.68. The van der Waals surface area contributed by atoms with Crippen LogP contribution < -0.4 is 10.6 Å². The van der Waals surface area contributed by atoms with Crippen molar-refractivity contribution in [2.24, 2.45) is 0 Å². The topological polar surface area (TPSA) is 71.1 Å². The van der Waals surface area contributed by atoms with Gasteiger partial charge in [0, 0.05) is 35.2 Å². The monoisotopic (exact) mass is 365 g/mol. The molecule has 0 aliphatic rings. The van der Waals surface area contributed by atoms with Gasteiger partial charge in [-0.05, 0) is 48.0 Å². The van der Waals surface area contributed by atoms with Gasteiger partial charge >= 0.3 is 0 Å². The van der Waals surface area contributed by atoms with Crippen molar-refractivity contribution in [3.05, 3.63) is 94.8 Å². The maximum Gasteiger partial charge on any atom is 0.257 e. The molecule has 26 heavy (non-hydrogen) atoms. The van der Waals surface area contributed by atoms with Crippen LogP contribution >= 0.6 is 11.6 Å². The first-order chi connectivity index (χ1) is 12.6. The zero-order valence-corrected chi connectivity index (χ0v) is 14.5. The number of carbonyl (C=O) groups is 2. The van der Waals surface area contributed by atoms with Gasteiger partial charge in [-0.3, -0.25) is 14.6 Å². The molecule has 0 unspecified atom stereocenters. The summed E-state index contributed by atoms with van der Waals surface area (Å²) < 4.78 is 0. The first kappa shape index (κ1) is 17.6. The number of hydrogen-bond donors (Lipinski definition) is 2. The van der Waals surface area contributed by atoms with Gasteiger partial charge in [-0.15, -0.1) is 0 Å². The van der Waals surface area contributed by atoms with E-state index < -0.39 is 0 Å². The van der Waals surface area contributed by atoms with Crippen LogP contribution in [0.3, 0.4) is 0 Å². The van der Waals surface area contributed by atoms with Crippen LogP contribution in [0.1, 0.15) is 26.3 Å². The van der Waals surface area contributed by atoms with E-state index in [1.807, 2.05) is 18.2 Å². The van der Waals surface area contributed by atoms with Gasteiger partial charge in [0.15, 0.2) is 0 Å². The molecule has 0 bridgehead atoms. The number of anilines is 1. The molecule has 0 radical (unpaired) electrons. The molecule has 6 heteroatoms. The second-order valence-corrected chi connectivity index (χ2v) is 5.98. The van der Waals surface area contributed by atoms with E-state index in [1.54, 1.807) is 48.7 Å². The van der Waals surface area contributed by atoms with E-state index in [-0.39, 0.29) is 18.4 Å². The second kappa shape index (κ2) is 8.27. The molecule has 2 N–H and O–H groups in total. The minimum absolute atomic E-state index is 0.213. The first-order valence-electron chi connectivity index (χ1n) is 7.96. The summed E-state index contributed by atoms with van der Waals surface area (Å²) in [4.78, 5) is 28.5. The van der Waals surface area contributed by atoms with E-state index in [4.69, 9.17) is 11.6 Å². The molecule has 0 aliphatic carbocycles. The van der Waals surface area contributed by atoms with Crippen LogP contribution in [0.2, 0.25) is 5.02 Å². The highest BCUT2D eigenvalue weighted by Crippen LogP contribution is 2.16. The Bertz CT molecular complexity index is 912. The Morgan fingerprint density at radius 1 is 0.885 bits per heavy atom. The van der Waals surface area contributed by atoms with E-state index in [0.717, 1.165) is 5.56 Å². The number of halogens is 1. The van der Waals surface area contributed by atoms with Crippen LogP contribution in [0.25, 0.3) is 0 Å². The Labute approximate surface area is 156 Å². The molecule has 0 saturated heterocycles. The summed E-state index contributed by atoms with van der Waals surface area (Å²) in [6.07, 6.45) is 3.11. The molecule has 5 nitrogen and oxygen atoms in total.